The predicted molar refractivity (Wildman–Crippen MR) is 80.6 cm³/mol. The molecule has 2 rings (SSSR count). The summed E-state index contributed by atoms with van der Waals surface area (Å²) in [5.41, 5.74) is 0.920. The molecule has 0 bridgehead atoms. The van der Waals surface area contributed by atoms with Gasteiger partial charge in [-0.1, -0.05) is 19.1 Å². The van der Waals surface area contributed by atoms with Crippen LogP contribution in [0.4, 0.5) is 4.39 Å². The van der Waals surface area contributed by atoms with Gasteiger partial charge in [0.15, 0.2) is 0 Å². The number of likely N-dealkylation sites (N-methyl/N-ethyl adjacent to an activating group) is 1. The molecule has 0 spiro atoms. The van der Waals surface area contributed by atoms with Crippen LogP contribution in [0, 0.1) is 5.82 Å². The fraction of sp³-hybridized carbons (Fsp3) is 0.267. The fourth-order valence-corrected chi connectivity index (χ4v) is 2.69. The van der Waals surface area contributed by atoms with Gasteiger partial charge < -0.3 is 10.6 Å². The summed E-state index contributed by atoms with van der Waals surface area (Å²) in [6.45, 7) is 4.29. The molecule has 2 aromatic rings. The minimum absolute atomic E-state index is 0.0683. The molecular formula is C15H17FN2OS. The van der Waals surface area contributed by atoms with Gasteiger partial charge in [0.1, 0.15) is 5.82 Å². The third-order valence-electron chi connectivity index (χ3n) is 2.80. The highest BCUT2D eigenvalue weighted by atomic mass is 32.1. The summed E-state index contributed by atoms with van der Waals surface area (Å²) >= 11 is 1.41. The molecule has 0 fully saturated rings. The smallest absolute Gasteiger partial charge is 0.261 e. The molecule has 0 saturated heterocycles. The summed E-state index contributed by atoms with van der Waals surface area (Å²) in [5, 5.41) is 6.00. The van der Waals surface area contributed by atoms with E-state index < -0.39 is 0 Å². The molecule has 0 atom stereocenters. The Hall–Kier alpha value is -1.72. The van der Waals surface area contributed by atoms with Crippen LogP contribution < -0.4 is 10.6 Å². The van der Waals surface area contributed by atoms with Crippen LogP contribution in [0.5, 0.6) is 0 Å². The highest BCUT2D eigenvalue weighted by molar-refractivity contribution is 7.17. The molecule has 0 unspecified atom stereocenters. The number of nitrogens with one attached hydrogen (secondary N) is 2. The van der Waals surface area contributed by atoms with E-state index in [4.69, 9.17) is 0 Å². The highest BCUT2D eigenvalue weighted by Gasteiger charge is 2.09. The Kier molecular flexibility index (Phi) is 5.26. The number of carbonyl (C=O) groups is 1. The summed E-state index contributed by atoms with van der Waals surface area (Å²) in [7, 11) is 0. The molecule has 1 heterocycles. The van der Waals surface area contributed by atoms with Gasteiger partial charge in [0.25, 0.3) is 5.91 Å². The molecular weight excluding hydrogens is 275 g/mol. The summed E-state index contributed by atoms with van der Waals surface area (Å²) in [6, 6.07) is 9.96. The standard InChI is InChI=1S/C15H17FN2OS/c1-2-17-9-10-18-15(19)14-8-7-13(20-14)11-3-5-12(16)6-4-11/h3-8,17H,2,9-10H2,1H3,(H,18,19). The van der Waals surface area contributed by atoms with Crippen LogP contribution in [0.15, 0.2) is 36.4 Å². The largest absolute Gasteiger partial charge is 0.350 e. The number of carbonyl (C=O) groups excluding carboxylic acids is 1. The molecule has 106 valence electrons. The van der Waals surface area contributed by atoms with Crippen molar-refractivity contribution in [1.82, 2.24) is 10.6 Å². The van der Waals surface area contributed by atoms with E-state index in [0.717, 1.165) is 23.5 Å². The Morgan fingerprint density at radius 1 is 1.15 bits per heavy atom. The van der Waals surface area contributed by atoms with Gasteiger partial charge in [-0.05, 0) is 36.4 Å². The average molecular weight is 292 g/mol. The van der Waals surface area contributed by atoms with Crippen LogP contribution in [-0.4, -0.2) is 25.5 Å². The fourth-order valence-electron chi connectivity index (χ4n) is 1.76. The summed E-state index contributed by atoms with van der Waals surface area (Å²) in [4.78, 5) is 13.5. The maximum atomic E-state index is 12.9. The first-order valence-corrected chi connectivity index (χ1v) is 7.37. The molecule has 1 amide bonds. The first-order chi connectivity index (χ1) is 9.70. The number of hydrogen-bond acceptors (Lipinski definition) is 3. The van der Waals surface area contributed by atoms with Gasteiger partial charge in [0, 0.05) is 18.0 Å². The van der Waals surface area contributed by atoms with Gasteiger partial charge in [-0.2, -0.15) is 0 Å². The van der Waals surface area contributed by atoms with Gasteiger partial charge in [-0.15, -0.1) is 11.3 Å². The van der Waals surface area contributed by atoms with Crippen molar-refractivity contribution < 1.29 is 9.18 Å². The van der Waals surface area contributed by atoms with Crippen molar-refractivity contribution in [2.75, 3.05) is 19.6 Å². The number of rotatable bonds is 6. The Labute approximate surface area is 121 Å². The van der Waals surface area contributed by atoms with Crippen molar-refractivity contribution in [1.29, 1.82) is 0 Å². The molecule has 0 radical (unpaired) electrons. The van der Waals surface area contributed by atoms with Crippen molar-refractivity contribution in [2.45, 2.75) is 6.92 Å². The molecule has 0 aliphatic heterocycles. The summed E-state index contributed by atoms with van der Waals surface area (Å²) < 4.78 is 12.9. The topological polar surface area (TPSA) is 41.1 Å². The van der Waals surface area contributed by atoms with Gasteiger partial charge >= 0.3 is 0 Å². The normalized spacial score (nSPS) is 10.5. The summed E-state index contributed by atoms with van der Waals surface area (Å²) in [6.07, 6.45) is 0. The molecule has 1 aromatic heterocycles. The van der Waals surface area contributed by atoms with E-state index in [2.05, 4.69) is 10.6 Å². The molecule has 20 heavy (non-hydrogen) atoms. The molecule has 3 nitrogen and oxygen atoms in total. The van der Waals surface area contributed by atoms with Crippen LogP contribution in [0.2, 0.25) is 0 Å². The Morgan fingerprint density at radius 3 is 2.60 bits per heavy atom. The summed E-state index contributed by atoms with van der Waals surface area (Å²) in [5.74, 6) is -0.326. The second kappa shape index (κ2) is 7.17. The lowest BCUT2D eigenvalue weighted by atomic mass is 10.2. The van der Waals surface area contributed by atoms with Gasteiger partial charge in [0.05, 0.1) is 4.88 Å². The monoisotopic (exact) mass is 292 g/mol. The predicted octanol–water partition coefficient (Wildman–Crippen LogP) is 2.89. The van der Waals surface area contributed by atoms with E-state index in [1.807, 2.05) is 13.0 Å². The molecule has 5 heteroatoms. The van der Waals surface area contributed by atoms with Gasteiger partial charge in [0.2, 0.25) is 0 Å². The second-order valence-corrected chi connectivity index (χ2v) is 5.36. The molecule has 0 aliphatic carbocycles. The van der Waals surface area contributed by atoms with Crippen LogP contribution in [-0.2, 0) is 0 Å². The zero-order valence-electron chi connectivity index (χ0n) is 11.3. The Morgan fingerprint density at radius 2 is 1.90 bits per heavy atom. The molecule has 1 aromatic carbocycles. The third-order valence-corrected chi connectivity index (χ3v) is 3.93. The maximum Gasteiger partial charge on any atom is 0.261 e. The van der Waals surface area contributed by atoms with Crippen molar-refractivity contribution in [3.8, 4) is 10.4 Å². The van der Waals surface area contributed by atoms with Crippen LogP contribution in [0.1, 0.15) is 16.6 Å². The lowest BCUT2D eigenvalue weighted by Gasteiger charge is -2.03. The SMILES string of the molecule is CCNCCNC(=O)c1ccc(-c2ccc(F)cc2)s1. The molecule has 2 N–H and O–H groups in total. The first kappa shape index (κ1) is 14.7. The zero-order valence-corrected chi connectivity index (χ0v) is 12.1. The van der Waals surface area contributed by atoms with Gasteiger partial charge in [-0.3, -0.25) is 4.79 Å². The van der Waals surface area contributed by atoms with E-state index in [-0.39, 0.29) is 11.7 Å². The Balaban J connectivity index is 1.98. The third kappa shape index (κ3) is 3.88. The number of hydrogen-bond donors (Lipinski definition) is 2. The van der Waals surface area contributed by atoms with Crippen molar-refractivity contribution in [2.24, 2.45) is 0 Å². The second-order valence-electron chi connectivity index (χ2n) is 4.28. The average Bonchev–Trinajstić information content (AvgIpc) is 2.94. The van der Waals surface area contributed by atoms with Gasteiger partial charge in [-0.25, -0.2) is 4.39 Å². The zero-order chi connectivity index (χ0) is 14.4. The molecule has 0 aliphatic rings. The highest BCUT2D eigenvalue weighted by Crippen LogP contribution is 2.28. The van der Waals surface area contributed by atoms with E-state index in [1.165, 1.54) is 23.5 Å². The van der Waals surface area contributed by atoms with E-state index in [1.54, 1.807) is 18.2 Å². The van der Waals surface area contributed by atoms with Crippen molar-refractivity contribution in [3.63, 3.8) is 0 Å². The lowest BCUT2D eigenvalue weighted by Crippen LogP contribution is -2.31. The van der Waals surface area contributed by atoms with E-state index >= 15 is 0 Å². The minimum Gasteiger partial charge on any atom is -0.350 e. The number of amides is 1. The first-order valence-electron chi connectivity index (χ1n) is 6.55. The maximum absolute atomic E-state index is 12.9. The van der Waals surface area contributed by atoms with Crippen LogP contribution in [0.3, 0.4) is 0 Å². The number of benzene rings is 1. The van der Waals surface area contributed by atoms with Crippen molar-refractivity contribution in [3.05, 3.63) is 47.1 Å². The number of thiophene rings is 1. The van der Waals surface area contributed by atoms with E-state index in [0.29, 0.717) is 11.4 Å². The molecule has 0 saturated carbocycles. The Bertz CT molecular complexity index is 566. The van der Waals surface area contributed by atoms with Crippen LogP contribution in [0.25, 0.3) is 10.4 Å². The lowest BCUT2D eigenvalue weighted by molar-refractivity contribution is 0.0958. The number of halogens is 1. The van der Waals surface area contributed by atoms with Crippen molar-refractivity contribution >= 4 is 17.2 Å². The quantitative estimate of drug-likeness (QED) is 0.804. The minimum atomic E-state index is -0.258. The van der Waals surface area contributed by atoms with E-state index in [9.17, 15) is 9.18 Å². The van der Waals surface area contributed by atoms with Crippen LogP contribution >= 0.6 is 11.3 Å².